The molecule has 0 bridgehead atoms. The lowest BCUT2D eigenvalue weighted by atomic mass is 10.3. The maximum atomic E-state index is 10.9. The van der Waals surface area contributed by atoms with E-state index < -0.39 is 0 Å². The Balaban J connectivity index is 2.29. The van der Waals surface area contributed by atoms with Crippen LogP contribution in [0.4, 0.5) is 0 Å². The molecule has 0 radical (unpaired) electrons. The highest BCUT2D eigenvalue weighted by Crippen LogP contribution is 2.16. The smallest absolute Gasteiger partial charge is 0.363 e. The second-order valence-electron chi connectivity index (χ2n) is 2.18. The number of hydrogen-bond acceptors (Lipinski definition) is 4. The molecule has 0 aliphatic carbocycles. The average Bonchev–Trinajstić information content (AvgIpc) is 2.65. The third-order valence-corrected chi connectivity index (χ3v) is 2.20. The monoisotopic (exact) mass is 179 g/mol. The van der Waals surface area contributed by atoms with Gasteiger partial charge < -0.3 is 4.74 Å². The predicted octanol–water partition coefficient (Wildman–Crippen LogP) is 1.67. The van der Waals surface area contributed by atoms with Crippen molar-refractivity contribution in [1.29, 1.82) is 0 Å². The molecule has 3 nitrogen and oxygen atoms in total. The maximum absolute atomic E-state index is 10.9. The van der Waals surface area contributed by atoms with Crippen LogP contribution in [-0.2, 0) is 9.53 Å². The zero-order chi connectivity index (χ0) is 8.39. The Morgan fingerprint density at radius 3 is 3.08 bits per heavy atom. The molecule has 0 fully saturated rings. The molecule has 1 aliphatic rings. The molecule has 1 aromatic rings. The van der Waals surface area contributed by atoms with Crippen molar-refractivity contribution < 1.29 is 9.53 Å². The molecule has 0 N–H and O–H groups in total. The van der Waals surface area contributed by atoms with E-state index in [1.54, 1.807) is 17.4 Å². The van der Waals surface area contributed by atoms with Crippen LogP contribution in [0, 0.1) is 0 Å². The highest BCUT2D eigenvalue weighted by atomic mass is 32.1. The van der Waals surface area contributed by atoms with Gasteiger partial charge in [-0.05, 0) is 17.5 Å². The summed E-state index contributed by atoms with van der Waals surface area (Å²) >= 11 is 1.55. The molecule has 4 heteroatoms. The molecule has 1 aromatic heterocycles. The number of ether oxygens (including phenoxy) is 1. The van der Waals surface area contributed by atoms with Crippen LogP contribution in [0.1, 0.15) is 4.88 Å². The Kier molecular flexibility index (Phi) is 1.75. The fourth-order valence-electron chi connectivity index (χ4n) is 0.848. The molecule has 0 atom stereocenters. The molecule has 0 amide bonds. The van der Waals surface area contributed by atoms with Crippen LogP contribution in [0.2, 0.25) is 0 Å². The standard InChI is InChI=1S/C8H5NO2S/c10-8-7(9-5-11-8)4-6-2-1-3-12-6/h1-5H. The van der Waals surface area contributed by atoms with Crippen molar-refractivity contribution in [3.63, 3.8) is 0 Å². The number of aliphatic imine (C=N–C) groups is 1. The quantitative estimate of drug-likeness (QED) is 0.486. The van der Waals surface area contributed by atoms with Crippen LogP contribution in [0.25, 0.3) is 6.08 Å². The minimum atomic E-state index is -0.386. The molecule has 2 heterocycles. The summed E-state index contributed by atoms with van der Waals surface area (Å²) < 4.78 is 4.52. The van der Waals surface area contributed by atoms with Gasteiger partial charge in [0.2, 0.25) is 0 Å². The van der Waals surface area contributed by atoms with Gasteiger partial charge in [-0.25, -0.2) is 9.79 Å². The zero-order valence-electron chi connectivity index (χ0n) is 6.06. The topological polar surface area (TPSA) is 38.7 Å². The van der Waals surface area contributed by atoms with Crippen LogP contribution in [0.5, 0.6) is 0 Å². The predicted molar refractivity (Wildman–Crippen MR) is 46.9 cm³/mol. The number of rotatable bonds is 1. The number of carbonyl (C=O) groups excluding carboxylic acids is 1. The van der Waals surface area contributed by atoms with Crippen molar-refractivity contribution in [3.8, 4) is 0 Å². The number of carbonyl (C=O) groups is 1. The normalized spacial score (nSPS) is 18.7. The third-order valence-electron chi connectivity index (χ3n) is 1.38. The Morgan fingerprint density at radius 1 is 1.58 bits per heavy atom. The molecule has 1 aliphatic heterocycles. The second-order valence-corrected chi connectivity index (χ2v) is 3.16. The van der Waals surface area contributed by atoms with Crippen molar-refractivity contribution in [2.75, 3.05) is 0 Å². The zero-order valence-corrected chi connectivity index (χ0v) is 6.88. The molecular formula is C8H5NO2S. The number of hydrogen-bond donors (Lipinski definition) is 0. The summed E-state index contributed by atoms with van der Waals surface area (Å²) in [5.41, 5.74) is 0.359. The van der Waals surface area contributed by atoms with Crippen molar-refractivity contribution in [2.45, 2.75) is 0 Å². The first-order valence-corrected chi connectivity index (χ1v) is 4.23. The van der Waals surface area contributed by atoms with Gasteiger partial charge in [-0.15, -0.1) is 11.3 Å². The van der Waals surface area contributed by atoms with Crippen LogP contribution < -0.4 is 0 Å². The fourth-order valence-corrected chi connectivity index (χ4v) is 1.50. The summed E-state index contributed by atoms with van der Waals surface area (Å²) in [6.45, 7) is 0. The van der Waals surface area contributed by atoms with Gasteiger partial charge in [-0.3, -0.25) is 0 Å². The lowest BCUT2D eigenvalue weighted by Crippen LogP contribution is -1.95. The summed E-state index contributed by atoms with van der Waals surface area (Å²) in [5.74, 6) is -0.386. The van der Waals surface area contributed by atoms with Crippen molar-refractivity contribution in [1.82, 2.24) is 0 Å². The van der Waals surface area contributed by atoms with Crippen molar-refractivity contribution in [3.05, 3.63) is 28.1 Å². The van der Waals surface area contributed by atoms with Gasteiger partial charge >= 0.3 is 5.97 Å². The van der Waals surface area contributed by atoms with Gasteiger partial charge in [0.1, 0.15) is 0 Å². The molecule has 12 heavy (non-hydrogen) atoms. The fraction of sp³-hybridized carbons (Fsp3) is 0. The van der Waals surface area contributed by atoms with Gasteiger partial charge in [-0.1, -0.05) is 6.07 Å². The minimum Gasteiger partial charge on any atom is -0.410 e. The van der Waals surface area contributed by atoms with E-state index in [-0.39, 0.29) is 5.97 Å². The SMILES string of the molecule is O=C1OC=NC1=Cc1cccs1. The highest BCUT2D eigenvalue weighted by Gasteiger charge is 2.14. The minimum absolute atomic E-state index is 0.359. The van der Waals surface area contributed by atoms with Gasteiger partial charge in [0, 0.05) is 4.88 Å². The summed E-state index contributed by atoms with van der Waals surface area (Å²) in [6.07, 6.45) is 2.86. The Hall–Kier alpha value is -1.42. The summed E-state index contributed by atoms with van der Waals surface area (Å²) in [7, 11) is 0. The maximum Gasteiger partial charge on any atom is 0.363 e. The van der Waals surface area contributed by atoms with E-state index in [1.807, 2.05) is 17.5 Å². The van der Waals surface area contributed by atoms with Gasteiger partial charge in [0.25, 0.3) is 0 Å². The largest absolute Gasteiger partial charge is 0.410 e. The molecular weight excluding hydrogens is 174 g/mol. The molecule has 0 unspecified atom stereocenters. The highest BCUT2D eigenvalue weighted by molar-refractivity contribution is 7.10. The van der Waals surface area contributed by atoms with E-state index in [1.165, 1.54) is 0 Å². The van der Waals surface area contributed by atoms with Gasteiger partial charge in [0.05, 0.1) is 0 Å². The van der Waals surface area contributed by atoms with Crippen molar-refractivity contribution in [2.24, 2.45) is 4.99 Å². The van der Waals surface area contributed by atoms with E-state index in [0.717, 1.165) is 11.3 Å². The van der Waals surface area contributed by atoms with Gasteiger partial charge in [0.15, 0.2) is 12.1 Å². The van der Waals surface area contributed by atoms with E-state index in [0.29, 0.717) is 5.70 Å². The summed E-state index contributed by atoms with van der Waals surface area (Å²) in [5, 5.41) is 1.94. The number of thiophene rings is 1. The Morgan fingerprint density at radius 2 is 2.50 bits per heavy atom. The van der Waals surface area contributed by atoms with Crippen LogP contribution in [0.15, 0.2) is 28.2 Å². The lowest BCUT2D eigenvalue weighted by molar-refractivity contribution is -0.129. The first-order chi connectivity index (χ1) is 5.86. The molecule has 0 spiro atoms. The van der Waals surface area contributed by atoms with E-state index in [2.05, 4.69) is 9.73 Å². The van der Waals surface area contributed by atoms with E-state index in [9.17, 15) is 4.79 Å². The molecule has 0 aromatic carbocycles. The molecule has 0 saturated heterocycles. The van der Waals surface area contributed by atoms with Crippen LogP contribution in [0.3, 0.4) is 0 Å². The van der Waals surface area contributed by atoms with E-state index in [4.69, 9.17) is 0 Å². The van der Waals surface area contributed by atoms with Gasteiger partial charge in [-0.2, -0.15) is 0 Å². The van der Waals surface area contributed by atoms with Crippen molar-refractivity contribution >= 4 is 29.8 Å². The number of cyclic esters (lactones) is 1. The van der Waals surface area contributed by atoms with E-state index >= 15 is 0 Å². The first kappa shape index (κ1) is 7.24. The lowest BCUT2D eigenvalue weighted by Gasteiger charge is -1.86. The molecule has 0 saturated carbocycles. The number of nitrogens with zero attached hydrogens (tertiary/aromatic N) is 1. The Labute approximate surface area is 73.0 Å². The molecule has 60 valence electrons. The number of esters is 1. The molecule has 2 rings (SSSR count). The average molecular weight is 179 g/mol. The second kappa shape index (κ2) is 2.91. The Bertz CT molecular complexity index is 351. The summed E-state index contributed by atoms with van der Waals surface area (Å²) in [6, 6.07) is 3.83. The van der Waals surface area contributed by atoms with Crippen LogP contribution >= 0.6 is 11.3 Å². The summed E-state index contributed by atoms with van der Waals surface area (Å²) in [4.78, 5) is 15.7. The first-order valence-electron chi connectivity index (χ1n) is 3.35. The van der Waals surface area contributed by atoms with Crippen LogP contribution in [-0.4, -0.2) is 12.4 Å². The third kappa shape index (κ3) is 1.29.